The Labute approximate surface area is 123 Å². The zero-order chi connectivity index (χ0) is 14.0. The Morgan fingerprint density at radius 2 is 2.00 bits per heavy atom. The van der Waals surface area contributed by atoms with Crippen molar-refractivity contribution in [2.75, 3.05) is 11.1 Å². The van der Waals surface area contributed by atoms with E-state index in [0.717, 1.165) is 33.5 Å². The first-order valence-corrected chi connectivity index (χ1v) is 8.58. The number of hydrogen-bond donors (Lipinski definition) is 2. The van der Waals surface area contributed by atoms with Gasteiger partial charge in [0, 0.05) is 12.0 Å². The Morgan fingerprint density at radius 1 is 1.35 bits per heavy atom. The summed E-state index contributed by atoms with van der Waals surface area (Å²) in [6, 6.07) is 2.61. The highest BCUT2D eigenvalue weighted by atomic mass is 32.1. The molecule has 4 rings (SSSR count). The van der Waals surface area contributed by atoms with E-state index in [1.807, 2.05) is 19.9 Å². The minimum atomic E-state index is 0.0138. The van der Waals surface area contributed by atoms with Crippen molar-refractivity contribution in [3.05, 3.63) is 10.9 Å². The highest BCUT2D eigenvalue weighted by Gasteiger charge is 2.65. The smallest absolute Gasteiger partial charge is 0.177 e. The number of fused-ring (bicyclic) bond motifs is 5. The quantitative estimate of drug-likeness (QED) is 0.833. The number of carbonyl (C=O) groups excluding carboxylic acids is 1. The normalized spacial score (nSPS) is 37.2. The molecule has 3 saturated carbocycles. The van der Waals surface area contributed by atoms with E-state index in [9.17, 15) is 4.79 Å². The molecule has 1 aromatic rings. The standard InChI is InChI=1S/C16H22N2OS/c1-7(2)15(19)16-10(17)6-11(20-16)18-14-12-8-3-4-9(5-8)13(12)14/h6-9,12-14,18H,3-5,17H2,1-2H3. The molecule has 4 unspecified atom stereocenters. The molecule has 3 aliphatic rings. The van der Waals surface area contributed by atoms with E-state index < -0.39 is 0 Å². The van der Waals surface area contributed by atoms with Crippen LogP contribution in [0.15, 0.2) is 6.07 Å². The summed E-state index contributed by atoms with van der Waals surface area (Å²) in [7, 11) is 0. The largest absolute Gasteiger partial charge is 0.397 e. The molecule has 4 heteroatoms. The second-order valence-electron chi connectivity index (χ2n) is 7.07. The van der Waals surface area contributed by atoms with Crippen molar-refractivity contribution in [1.82, 2.24) is 0 Å². The number of rotatable bonds is 4. The third kappa shape index (κ3) is 1.73. The van der Waals surface area contributed by atoms with Crippen LogP contribution in [0, 0.1) is 29.6 Å². The molecule has 4 atom stereocenters. The van der Waals surface area contributed by atoms with Crippen molar-refractivity contribution < 1.29 is 4.79 Å². The second kappa shape index (κ2) is 4.23. The van der Waals surface area contributed by atoms with Crippen molar-refractivity contribution in [2.24, 2.45) is 29.6 Å². The summed E-state index contributed by atoms with van der Waals surface area (Å²) < 4.78 is 0. The van der Waals surface area contributed by atoms with E-state index in [2.05, 4.69) is 5.32 Å². The van der Waals surface area contributed by atoms with Gasteiger partial charge in [0.2, 0.25) is 0 Å². The molecular formula is C16H22N2OS. The Kier molecular flexibility index (Phi) is 2.69. The molecule has 3 aliphatic carbocycles. The fourth-order valence-electron chi connectivity index (χ4n) is 4.61. The molecule has 20 heavy (non-hydrogen) atoms. The molecule has 3 fully saturated rings. The molecule has 3 nitrogen and oxygen atoms in total. The van der Waals surface area contributed by atoms with Gasteiger partial charge in [0.1, 0.15) is 0 Å². The predicted octanol–water partition coefficient (Wildman–Crippen LogP) is 3.63. The zero-order valence-electron chi connectivity index (χ0n) is 12.1. The average molecular weight is 290 g/mol. The number of ketones is 1. The van der Waals surface area contributed by atoms with Gasteiger partial charge in [-0.1, -0.05) is 13.8 Å². The summed E-state index contributed by atoms with van der Waals surface area (Å²) in [5.41, 5.74) is 6.65. The molecule has 0 saturated heterocycles. The lowest BCUT2D eigenvalue weighted by Gasteiger charge is -2.09. The van der Waals surface area contributed by atoms with Crippen LogP contribution in [0.5, 0.6) is 0 Å². The molecule has 2 bridgehead atoms. The third-order valence-corrected chi connectivity index (χ3v) is 6.65. The van der Waals surface area contributed by atoms with Gasteiger partial charge in [-0.05, 0) is 49.0 Å². The van der Waals surface area contributed by atoms with Gasteiger partial charge in [0.15, 0.2) is 5.78 Å². The van der Waals surface area contributed by atoms with Crippen LogP contribution in [-0.2, 0) is 0 Å². The monoisotopic (exact) mass is 290 g/mol. The third-order valence-electron chi connectivity index (χ3n) is 5.55. The van der Waals surface area contributed by atoms with Crippen LogP contribution in [0.1, 0.15) is 42.8 Å². The molecule has 3 N–H and O–H groups in total. The van der Waals surface area contributed by atoms with E-state index in [1.165, 1.54) is 19.3 Å². The first-order chi connectivity index (χ1) is 9.56. The second-order valence-corrected chi connectivity index (χ2v) is 8.12. The van der Waals surface area contributed by atoms with Crippen LogP contribution in [0.25, 0.3) is 0 Å². The Balaban J connectivity index is 1.48. The highest BCUT2D eigenvalue weighted by molar-refractivity contribution is 7.18. The lowest BCUT2D eigenvalue weighted by Crippen LogP contribution is -2.11. The van der Waals surface area contributed by atoms with E-state index >= 15 is 0 Å². The number of nitrogen functional groups attached to an aromatic ring is 1. The molecule has 0 aromatic carbocycles. The van der Waals surface area contributed by atoms with Crippen molar-refractivity contribution >= 4 is 27.8 Å². The van der Waals surface area contributed by atoms with E-state index in [-0.39, 0.29) is 11.7 Å². The first-order valence-electron chi connectivity index (χ1n) is 7.76. The number of nitrogens with two attached hydrogens (primary N) is 1. The van der Waals surface area contributed by atoms with Gasteiger partial charge in [-0.2, -0.15) is 0 Å². The van der Waals surface area contributed by atoms with Crippen LogP contribution >= 0.6 is 11.3 Å². The number of thiophene rings is 1. The lowest BCUT2D eigenvalue weighted by atomic mass is 10.0. The summed E-state index contributed by atoms with van der Waals surface area (Å²) in [4.78, 5) is 12.8. The summed E-state index contributed by atoms with van der Waals surface area (Å²) in [6.45, 7) is 3.86. The number of Topliss-reactive ketones (excluding diaryl/α,β-unsaturated/α-hetero) is 1. The molecule has 0 spiro atoms. The molecule has 0 radical (unpaired) electrons. The lowest BCUT2D eigenvalue weighted by molar-refractivity contribution is 0.0944. The summed E-state index contributed by atoms with van der Waals surface area (Å²) in [6.07, 6.45) is 4.35. The predicted molar refractivity (Wildman–Crippen MR) is 83.1 cm³/mol. The fraction of sp³-hybridized carbons (Fsp3) is 0.688. The maximum atomic E-state index is 12.1. The molecule has 1 heterocycles. The van der Waals surface area contributed by atoms with Gasteiger partial charge in [0.05, 0.1) is 15.6 Å². The van der Waals surface area contributed by atoms with Crippen molar-refractivity contribution in [2.45, 2.75) is 39.2 Å². The summed E-state index contributed by atoms with van der Waals surface area (Å²) in [5.74, 6) is 3.92. The Morgan fingerprint density at radius 3 is 2.60 bits per heavy atom. The van der Waals surface area contributed by atoms with Crippen molar-refractivity contribution in [3.63, 3.8) is 0 Å². The van der Waals surface area contributed by atoms with Crippen LogP contribution in [0.2, 0.25) is 0 Å². The number of carbonyl (C=O) groups is 1. The minimum Gasteiger partial charge on any atom is -0.397 e. The highest BCUT2D eigenvalue weighted by Crippen LogP contribution is 2.66. The van der Waals surface area contributed by atoms with E-state index in [0.29, 0.717) is 11.7 Å². The maximum Gasteiger partial charge on any atom is 0.177 e. The topological polar surface area (TPSA) is 55.1 Å². The van der Waals surface area contributed by atoms with Crippen molar-refractivity contribution in [3.8, 4) is 0 Å². The zero-order valence-corrected chi connectivity index (χ0v) is 12.9. The van der Waals surface area contributed by atoms with Crippen LogP contribution in [-0.4, -0.2) is 11.8 Å². The first kappa shape index (κ1) is 12.7. The molecule has 108 valence electrons. The SMILES string of the molecule is CC(C)C(=O)c1sc(NC2C3C4CCC(C4)C23)cc1N. The fourth-order valence-corrected chi connectivity index (χ4v) is 5.73. The van der Waals surface area contributed by atoms with Gasteiger partial charge >= 0.3 is 0 Å². The minimum absolute atomic E-state index is 0.0138. The van der Waals surface area contributed by atoms with Crippen LogP contribution in [0.3, 0.4) is 0 Å². The van der Waals surface area contributed by atoms with Gasteiger partial charge in [-0.3, -0.25) is 4.79 Å². The van der Waals surface area contributed by atoms with Gasteiger partial charge < -0.3 is 11.1 Å². The number of hydrogen-bond acceptors (Lipinski definition) is 4. The van der Waals surface area contributed by atoms with Gasteiger partial charge in [-0.25, -0.2) is 0 Å². The molecule has 0 amide bonds. The van der Waals surface area contributed by atoms with Crippen LogP contribution < -0.4 is 11.1 Å². The Bertz CT molecular complexity index is 549. The number of nitrogens with one attached hydrogen (secondary N) is 1. The summed E-state index contributed by atoms with van der Waals surface area (Å²) in [5, 5.41) is 4.75. The van der Waals surface area contributed by atoms with Crippen molar-refractivity contribution in [1.29, 1.82) is 0 Å². The van der Waals surface area contributed by atoms with Gasteiger partial charge in [0.25, 0.3) is 0 Å². The van der Waals surface area contributed by atoms with E-state index in [1.54, 1.807) is 11.3 Å². The van der Waals surface area contributed by atoms with E-state index in [4.69, 9.17) is 5.73 Å². The average Bonchev–Trinajstić information content (AvgIpc) is 2.79. The maximum absolute atomic E-state index is 12.1. The molecular weight excluding hydrogens is 268 g/mol. The number of anilines is 2. The Hall–Kier alpha value is -1.03. The summed E-state index contributed by atoms with van der Waals surface area (Å²) >= 11 is 1.54. The molecule has 1 aromatic heterocycles. The van der Waals surface area contributed by atoms with Crippen LogP contribution in [0.4, 0.5) is 10.7 Å². The molecule has 0 aliphatic heterocycles. The van der Waals surface area contributed by atoms with Gasteiger partial charge in [-0.15, -0.1) is 11.3 Å².